The molecule has 2 rings (SSSR count). The number of amides is 1. The van der Waals surface area contributed by atoms with E-state index in [0.717, 1.165) is 4.90 Å². The zero-order valence-electron chi connectivity index (χ0n) is 12.3. The van der Waals surface area contributed by atoms with Crippen LogP contribution in [0.15, 0.2) is 58.4 Å². The van der Waals surface area contributed by atoms with Gasteiger partial charge >= 0.3 is 0 Å². The first-order valence-corrected chi connectivity index (χ1v) is 8.02. The van der Waals surface area contributed by atoms with E-state index in [4.69, 9.17) is 0 Å². The number of aromatic nitrogens is 1. The Hall–Kier alpha value is -2.12. The van der Waals surface area contributed by atoms with Crippen LogP contribution in [-0.4, -0.2) is 34.0 Å². The lowest BCUT2D eigenvalue weighted by molar-refractivity contribution is -0.119. The molecule has 7 heteroatoms. The van der Waals surface area contributed by atoms with Crippen molar-refractivity contribution < 1.29 is 14.3 Å². The van der Waals surface area contributed by atoms with Crippen molar-refractivity contribution in [2.24, 2.45) is 0 Å². The molecule has 2 aromatic rings. The maximum Gasteiger partial charge on any atom is 0.250 e. The Morgan fingerprint density at radius 1 is 1.26 bits per heavy atom. The summed E-state index contributed by atoms with van der Waals surface area (Å²) in [5.74, 6) is -0.388. The minimum Gasteiger partial charge on any atom is -0.389 e. The summed E-state index contributed by atoms with van der Waals surface area (Å²) in [7, 11) is 0. The fourth-order valence-electron chi connectivity index (χ4n) is 1.87. The molecule has 0 radical (unpaired) electrons. The van der Waals surface area contributed by atoms with E-state index in [2.05, 4.69) is 5.32 Å². The lowest BCUT2D eigenvalue weighted by Crippen LogP contribution is -2.37. The Morgan fingerprint density at radius 3 is 2.70 bits per heavy atom. The van der Waals surface area contributed by atoms with Crippen molar-refractivity contribution in [2.75, 3.05) is 12.3 Å². The molecule has 1 aromatic heterocycles. The Balaban J connectivity index is 1.72. The molecule has 0 spiro atoms. The second-order valence-corrected chi connectivity index (χ2v) is 5.94. The molecule has 0 aliphatic rings. The zero-order chi connectivity index (χ0) is 16.7. The molecule has 0 saturated heterocycles. The Kier molecular flexibility index (Phi) is 6.37. The molecule has 0 fully saturated rings. The van der Waals surface area contributed by atoms with E-state index in [1.54, 1.807) is 30.5 Å². The molecule has 1 amide bonds. The van der Waals surface area contributed by atoms with Gasteiger partial charge in [-0.1, -0.05) is 6.07 Å². The highest BCUT2D eigenvalue weighted by molar-refractivity contribution is 8.00. The summed E-state index contributed by atoms with van der Waals surface area (Å²) in [4.78, 5) is 24.0. The molecule has 1 heterocycles. The molecule has 122 valence electrons. The lowest BCUT2D eigenvalue weighted by Gasteiger charge is -2.13. The monoisotopic (exact) mass is 336 g/mol. The predicted octanol–water partition coefficient (Wildman–Crippen LogP) is 1.26. The number of hydrogen-bond acceptors (Lipinski definition) is 4. The van der Waals surface area contributed by atoms with E-state index in [9.17, 15) is 19.1 Å². The number of rotatable bonds is 7. The fraction of sp³-hybridized carbons (Fsp3) is 0.250. The summed E-state index contributed by atoms with van der Waals surface area (Å²) in [5, 5.41) is 12.5. The molecule has 0 aliphatic heterocycles. The Labute approximate surface area is 137 Å². The van der Waals surface area contributed by atoms with Crippen LogP contribution in [0, 0.1) is 5.82 Å². The van der Waals surface area contributed by atoms with E-state index >= 15 is 0 Å². The molecule has 1 aromatic carbocycles. The number of hydrogen-bond donors (Lipinski definition) is 2. The first kappa shape index (κ1) is 17.2. The summed E-state index contributed by atoms with van der Waals surface area (Å²) < 4.78 is 14.1. The number of carbonyl (C=O) groups excluding carboxylic acids is 1. The van der Waals surface area contributed by atoms with Gasteiger partial charge in [0.25, 0.3) is 5.56 Å². The molecular weight excluding hydrogens is 319 g/mol. The number of aliphatic hydroxyl groups is 1. The lowest BCUT2D eigenvalue weighted by atomic mass is 10.3. The van der Waals surface area contributed by atoms with E-state index in [1.165, 1.54) is 34.5 Å². The van der Waals surface area contributed by atoms with Crippen LogP contribution in [0.2, 0.25) is 0 Å². The average molecular weight is 336 g/mol. The van der Waals surface area contributed by atoms with Crippen LogP contribution in [0.5, 0.6) is 0 Å². The van der Waals surface area contributed by atoms with Crippen molar-refractivity contribution in [3.8, 4) is 0 Å². The number of aliphatic hydroxyl groups excluding tert-OH is 1. The van der Waals surface area contributed by atoms with Gasteiger partial charge in [0, 0.05) is 23.7 Å². The van der Waals surface area contributed by atoms with Crippen LogP contribution < -0.4 is 10.9 Å². The molecular formula is C16H17FN2O3S. The van der Waals surface area contributed by atoms with Crippen LogP contribution in [0.1, 0.15) is 0 Å². The summed E-state index contributed by atoms with van der Waals surface area (Å²) in [6, 6.07) is 10.6. The molecule has 23 heavy (non-hydrogen) atoms. The van der Waals surface area contributed by atoms with E-state index < -0.39 is 6.10 Å². The van der Waals surface area contributed by atoms with Crippen molar-refractivity contribution in [3.63, 3.8) is 0 Å². The number of benzene rings is 1. The van der Waals surface area contributed by atoms with Crippen LogP contribution in [0.4, 0.5) is 4.39 Å². The molecule has 5 nitrogen and oxygen atoms in total. The van der Waals surface area contributed by atoms with E-state index in [-0.39, 0.29) is 36.1 Å². The highest BCUT2D eigenvalue weighted by Gasteiger charge is 2.09. The largest absolute Gasteiger partial charge is 0.389 e. The van der Waals surface area contributed by atoms with Gasteiger partial charge in [-0.3, -0.25) is 9.59 Å². The quantitative estimate of drug-likeness (QED) is 0.747. The van der Waals surface area contributed by atoms with E-state index in [1.807, 2.05) is 0 Å². The first-order valence-electron chi connectivity index (χ1n) is 7.03. The van der Waals surface area contributed by atoms with Crippen molar-refractivity contribution in [1.29, 1.82) is 0 Å². The third kappa shape index (κ3) is 5.88. The van der Waals surface area contributed by atoms with E-state index in [0.29, 0.717) is 0 Å². The predicted molar refractivity (Wildman–Crippen MR) is 86.8 cm³/mol. The number of pyridine rings is 1. The number of nitrogens with one attached hydrogen (secondary N) is 1. The van der Waals surface area contributed by atoms with Gasteiger partial charge in [0.2, 0.25) is 5.91 Å². The summed E-state index contributed by atoms with van der Waals surface area (Å²) in [6.07, 6.45) is 0.729. The number of nitrogens with zero attached hydrogens (tertiary/aromatic N) is 1. The number of halogens is 1. The molecule has 1 atom stereocenters. The average Bonchev–Trinajstić information content (AvgIpc) is 2.54. The third-order valence-electron chi connectivity index (χ3n) is 3.02. The summed E-state index contributed by atoms with van der Waals surface area (Å²) in [6.45, 7) is 0.176. The Morgan fingerprint density at radius 2 is 2.00 bits per heavy atom. The van der Waals surface area contributed by atoms with Crippen LogP contribution in [0.25, 0.3) is 0 Å². The first-order chi connectivity index (χ1) is 11.0. The number of carbonyl (C=O) groups is 1. The minimum atomic E-state index is -0.852. The van der Waals surface area contributed by atoms with Gasteiger partial charge in [-0.05, 0) is 30.3 Å². The molecule has 1 unspecified atom stereocenters. The van der Waals surface area contributed by atoms with Gasteiger partial charge in [0.05, 0.1) is 18.4 Å². The van der Waals surface area contributed by atoms with Crippen molar-refractivity contribution in [2.45, 2.75) is 17.5 Å². The van der Waals surface area contributed by atoms with Crippen LogP contribution in [0.3, 0.4) is 0 Å². The van der Waals surface area contributed by atoms with Crippen LogP contribution in [-0.2, 0) is 11.3 Å². The number of thioether (sulfide) groups is 1. The highest BCUT2D eigenvalue weighted by Crippen LogP contribution is 2.17. The smallest absolute Gasteiger partial charge is 0.250 e. The topological polar surface area (TPSA) is 71.3 Å². The second kappa shape index (κ2) is 8.50. The van der Waals surface area contributed by atoms with Gasteiger partial charge in [-0.25, -0.2) is 4.39 Å². The summed E-state index contributed by atoms with van der Waals surface area (Å²) >= 11 is 1.28. The molecule has 0 aliphatic carbocycles. The second-order valence-electron chi connectivity index (χ2n) is 4.89. The third-order valence-corrected chi connectivity index (χ3v) is 4.04. The van der Waals surface area contributed by atoms with Gasteiger partial charge < -0.3 is 15.0 Å². The van der Waals surface area contributed by atoms with Crippen molar-refractivity contribution in [3.05, 3.63) is 64.8 Å². The minimum absolute atomic E-state index is 0.0597. The fourth-order valence-corrected chi connectivity index (χ4v) is 2.59. The maximum atomic E-state index is 12.8. The molecule has 0 saturated carbocycles. The Bertz CT molecular complexity index is 703. The van der Waals surface area contributed by atoms with Crippen molar-refractivity contribution >= 4 is 17.7 Å². The standard InChI is InChI=1S/C16H17FN2O3S/c17-12-4-6-14(7-5-12)23-11-15(21)18-9-13(20)10-19-8-2-1-3-16(19)22/h1-8,13,20H,9-11H2,(H,18,21). The van der Waals surface area contributed by atoms with Crippen molar-refractivity contribution in [1.82, 2.24) is 9.88 Å². The van der Waals surface area contributed by atoms with Gasteiger partial charge in [0.15, 0.2) is 0 Å². The zero-order valence-corrected chi connectivity index (χ0v) is 13.1. The van der Waals surface area contributed by atoms with Gasteiger partial charge in [-0.15, -0.1) is 11.8 Å². The van der Waals surface area contributed by atoms with Gasteiger partial charge in [0.1, 0.15) is 5.82 Å². The molecule has 0 bridgehead atoms. The maximum absolute atomic E-state index is 12.8. The van der Waals surface area contributed by atoms with Gasteiger partial charge in [-0.2, -0.15) is 0 Å². The highest BCUT2D eigenvalue weighted by atomic mass is 32.2. The SMILES string of the molecule is O=C(CSc1ccc(F)cc1)NCC(O)Cn1ccccc1=O. The summed E-state index contributed by atoms with van der Waals surface area (Å²) in [5.41, 5.74) is -0.204. The molecule has 2 N–H and O–H groups in total. The van der Waals surface area contributed by atoms with Crippen LogP contribution >= 0.6 is 11.8 Å². The normalized spacial score (nSPS) is 11.9.